The van der Waals surface area contributed by atoms with Gasteiger partial charge in [-0.05, 0) is 42.6 Å². The first-order chi connectivity index (χ1) is 8.71. The molecular formula is C15H21ClO3. The molecule has 3 nitrogen and oxygen atoms in total. The third-order valence-electron chi connectivity index (χ3n) is 5.11. The summed E-state index contributed by atoms with van der Waals surface area (Å²) in [6, 6.07) is 0. The van der Waals surface area contributed by atoms with Crippen molar-refractivity contribution in [3.05, 3.63) is 11.1 Å². The minimum Gasteiger partial charge on any atom is -0.458 e. The smallest absolute Gasteiger partial charge is 0.334 e. The normalized spacial score (nSPS) is 44.7. The van der Waals surface area contributed by atoms with Gasteiger partial charge < -0.3 is 9.84 Å². The van der Waals surface area contributed by atoms with E-state index in [9.17, 15) is 9.90 Å². The topological polar surface area (TPSA) is 46.5 Å². The lowest BCUT2D eigenvalue weighted by atomic mass is 9.78. The van der Waals surface area contributed by atoms with Gasteiger partial charge in [-0.1, -0.05) is 13.8 Å². The van der Waals surface area contributed by atoms with Crippen LogP contribution in [0.15, 0.2) is 11.1 Å². The number of alkyl halides is 1. The van der Waals surface area contributed by atoms with Crippen molar-refractivity contribution >= 4 is 17.6 Å². The first-order valence-electron chi connectivity index (χ1n) is 6.97. The average molecular weight is 285 g/mol. The maximum absolute atomic E-state index is 11.8. The Labute approximate surface area is 119 Å². The number of carbonyl (C=O) groups is 1. The Morgan fingerprint density at radius 2 is 2.00 bits per heavy atom. The van der Waals surface area contributed by atoms with Crippen molar-refractivity contribution in [1.29, 1.82) is 0 Å². The maximum atomic E-state index is 11.8. The number of hydrogen-bond acceptors (Lipinski definition) is 3. The number of carbonyl (C=O) groups excluding carboxylic acids is 1. The zero-order chi connectivity index (χ0) is 14.0. The number of rotatable bonds is 0. The number of esters is 1. The Morgan fingerprint density at radius 3 is 2.68 bits per heavy atom. The van der Waals surface area contributed by atoms with Gasteiger partial charge in [-0.2, -0.15) is 0 Å². The van der Waals surface area contributed by atoms with Crippen LogP contribution in [0, 0.1) is 17.3 Å². The first kappa shape index (κ1) is 13.4. The highest BCUT2D eigenvalue weighted by Gasteiger charge is 2.54. The van der Waals surface area contributed by atoms with Crippen LogP contribution in [0.3, 0.4) is 0 Å². The van der Waals surface area contributed by atoms with Crippen molar-refractivity contribution in [1.82, 2.24) is 0 Å². The Morgan fingerprint density at radius 1 is 1.32 bits per heavy atom. The summed E-state index contributed by atoms with van der Waals surface area (Å²) in [6.07, 6.45) is 2.33. The molecule has 0 bridgehead atoms. The molecule has 1 fully saturated rings. The van der Waals surface area contributed by atoms with E-state index in [2.05, 4.69) is 13.8 Å². The van der Waals surface area contributed by atoms with Crippen LogP contribution in [0.1, 0.15) is 40.0 Å². The predicted molar refractivity (Wildman–Crippen MR) is 72.9 cm³/mol. The van der Waals surface area contributed by atoms with Gasteiger partial charge in [0.05, 0.1) is 11.0 Å². The second kappa shape index (κ2) is 3.98. The van der Waals surface area contributed by atoms with Gasteiger partial charge in [0.2, 0.25) is 0 Å². The van der Waals surface area contributed by atoms with Gasteiger partial charge >= 0.3 is 5.97 Å². The SMILES string of the molecule is CC1(C)C[C@H]2C(Cl)C3=C(C[C@](C)(O)[C@H]2C1)C(=O)OC3. The Bertz CT molecular complexity index is 464. The standard InChI is InChI=1S/C15H21ClO3/c1-14(2)4-9-11(6-14)15(3,18)5-8-10(12(9)16)7-19-13(8)17/h9,11-12,18H,4-7H2,1-3H3/t9-,11+,12?,15+/m1/s1. The fourth-order valence-corrected chi connectivity index (χ4v) is 4.69. The summed E-state index contributed by atoms with van der Waals surface area (Å²) in [6.45, 7) is 6.61. The molecule has 4 atom stereocenters. The van der Waals surface area contributed by atoms with Gasteiger partial charge in [0.1, 0.15) is 6.61 Å². The van der Waals surface area contributed by atoms with Crippen LogP contribution in [0.4, 0.5) is 0 Å². The summed E-state index contributed by atoms with van der Waals surface area (Å²) >= 11 is 6.64. The highest BCUT2D eigenvalue weighted by atomic mass is 35.5. The lowest BCUT2D eigenvalue weighted by Crippen LogP contribution is -2.38. The molecule has 1 heterocycles. The van der Waals surface area contributed by atoms with Crippen LogP contribution in [0.25, 0.3) is 0 Å². The third kappa shape index (κ3) is 2.02. The van der Waals surface area contributed by atoms with E-state index in [0.29, 0.717) is 18.6 Å². The van der Waals surface area contributed by atoms with Crippen molar-refractivity contribution in [2.75, 3.05) is 6.61 Å². The molecule has 106 valence electrons. The zero-order valence-electron chi connectivity index (χ0n) is 11.7. The van der Waals surface area contributed by atoms with E-state index in [1.165, 1.54) is 0 Å². The van der Waals surface area contributed by atoms with Crippen molar-refractivity contribution in [3.8, 4) is 0 Å². The van der Waals surface area contributed by atoms with Gasteiger partial charge in [-0.3, -0.25) is 0 Å². The molecule has 3 aliphatic rings. The molecule has 1 saturated carbocycles. The summed E-state index contributed by atoms with van der Waals surface area (Å²) in [5.74, 6) is 0.0947. The Hall–Kier alpha value is -0.540. The van der Waals surface area contributed by atoms with Gasteiger partial charge in [0.15, 0.2) is 0 Å². The van der Waals surface area contributed by atoms with Crippen molar-refractivity contribution in [2.45, 2.75) is 51.0 Å². The lowest BCUT2D eigenvalue weighted by Gasteiger charge is -2.34. The van der Waals surface area contributed by atoms with E-state index in [1.807, 2.05) is 6.92 Å². The van der Waals surface area contributed by atoms with Gasteiger partial charge in [-0.25, -0.2) is 4.79 Å². The van der Waals surface area contributed by atoms with E-state index < -0.39 is 5.60 Å². The molecule has 1 aliphatic heterocycles. The van der Waals surface area contributed by atoms with Crippen LogP contribution in [0.5, 0.6) is 0 Å². The zero-order valence-corrected chi connectivity index (χ0v) is 12.5. The molecule has 1 N–H and O–H groups in total. The minimum absolute atomic E-state index is 0.156. The van der Waals surface area contributed by atoms with Crippen molar-refractivity contribution in [2.24, 2.45) is 17.3 Å². The van der Waals surface area contributed by atoms with Crippen molar-refractivity contribution < 1.29 is 14.6 Å². The minimum atomic E-state index is -0.869. The maximum Gasteiger partial charge on any atom is 0.334 e. The monoisotopic (exact) mass is 284 g/mol. The summed E-state index contributed by atoms with van der Waals surface area (Å²) < 4.78 is 5.11. The van der Waals surface area contributed by atoms with Gasteiger partial charge in [-0.15, -0.1) is 11.6 Å². The Balaban J connectivity index is 2.04. The molecule has 0 spiro atoms. The number of ether oxygens (including phenoxy) is 1. The fourth-order valence-electron chi connectivity index (χ4n) is 4.23. The molecule has 3 rings (SSSR count). The van der Waals surface area contributed by atoms with E-state index in [0.717, 1.165) is 18.4 Å². The summed E-state index contributed by atoms with van der Waals surface area (Å²) in [5.41, 5.74) is 0.870. The number of cyclic esters (lactones) is 1. The fraction of sp³-hybridized carbons (Fsp3) is 0.800. The Kier molecular flexibility index (Phi) is 2.82. The lowest BCUT2D eigenvalue weighted by molar-refractivity contribution is -0.137. The van der Waals surface area contributed by atoms with Crippen LogP contribution in [-0.4, -0.2) is 28.7 Å². The van der Waals surface area contributed by atoms with Gasteiger partial charge in [0, 0.05) is 12.0 Å². The molecule has 0 amide bonds. The third-order valence-corrected chi connectivity index (χ3v) is 5.70. The molecule has 19 heavy (non-hydrogen) atoms. The van der Waals surface area contributed by atoms with Gasteiger partial charge in [0.25, 0.3) is 0 Å². The van der Waals surface area contributed by atoms with E-state index in [-0.39, 0.29) is 28.6 Å². The molecule has 0 saturated heterocycles. The number of hydrogen-bond donors (Lipinski definition) is 1. The van der Waals surface area contributed by atoms with E-state index in [4.69, 9.17) is 16.3 Å². The van der Waals surface area contributed by atoms with Crippen LogP contribution < -0.4 is 0 Å². The largest absolute Gasteiger partial charge is 0.458 e. The molecule has 0 aromatic carbocycles. The number of fused-ring (bicyclic) bond motifs is 1. The molecule has 4 heteroatoms. The molecular weight excluding hydrogens is 264 g/mol. The van der Waals surface area contributed by atoms with Crippen LogP contribution in [-0.2, 0) is 9.53 Å². The quantitative estimate of drug-likeness (QED) is 0.549. The summed E-state index contributed by atoms with van der Waals surface area (Å²) in [7, 11) is 0. The molecule has 1 unspecified atom stereocenters. The second-order valence-electron chi connectivity index (χ2n) is 7.36. The van der Waals surface area contributed by atoms with E-state index >= 15 is 0 Å². The molecule has 0 radical (unpaired) electrons. The van der Waals surface area contributed by atoms with Crippen molar-refractivity contribution in [3.63, 3.8) is 0 Å². The molecule has 0 aromatic rings. The summed E-state index contributed by atoms with van der Waals surface area (Å²) in [5, 5.41) is 10.7. The molecule has 0 aromatic heterocycles. The van der Waals surface area contributed by atoms with E-state index in [1.54, 1.807) is 0 Å². The molecule has 2 aliphatic carbocycles. The van der Waals surface area contributed by atoms with Crippen LogP contribution >= 0.6 is 11.6 Å². The number of halogens is 1. The number of aliphatic hydroxyl groups is 1. The average Bonchev–Trinajstić information content (AvgIpc) is 2.78. The predicted octanol–water partition coefficient (Wildman–Crippen LogP) is 2.65. The second-order valence-corrected chi connectivity index (χ2v) is 7.83. The summed E-state index contributed by atoms with van der Waals surface area (Å²) in [4.78, 5) is 11.8. The first-order valence-corrected chi connectivity index (χ1v) is 7.40. The highest BCUT2D eigenvalue weighted by Crippen LogP contribution is 2.56. The highest BCUT2D eigenvalue weighted by molar-refractivity contribution is 6.23. The van der Waals surface area contributed by atoms with Crippen LogP contribution in [0.2, 0.25) is 0 Å².